The molecule has 1 saturated heterocycles. The van der Waals surface area contributed by atoms with Gasteiger partial charge in [0.2, 0.25) is 12.7 Å². The Morgan fingerprint density at radius 3 is 2.61 bits per heavy atom. The van der Waals surface area contributed by atoms with E-state index in [0.717, 1.165) is 0 Å². The lowest BCUT2D eigenvalue weighted by molar-refractivity contribution is -0.142. The minimum atomic E-state index is -0.314. The van der Waals surface area contributed by atoms with Gasteiger partial charge in [-0.1, -0.05) is 0 Å². The predicted octanol–water partition coefficient (Wildman–Crippen LogP) is 0.781. The molecule has 0 bridgehead atoms. The normalized spacial score (nSPS) is 22.8. The molecule has 0 aromatic heterocycles. The number of hydrogen-bond acceptors (Lipinski definition) is 5. The molecule has 2 aliphatic heterocycles. The Morgan fingerprint density at radius 2 is 1.87 bits per heavy atom. The van der Waals surface area contributed by atoms with Crippen molar-refractivity contribution in [1.82, 2.24) is 10.2 Å². The summed E-state index contributed by atoms with van der Waals surface area (Å²) < 4.78 is 16.0. The highest BCUT2D eigenvalue weighted by Crippen LogP contribution is 2.32. The molecule has 1 aromatic rings. The van der Waals surface area contributed by atoms with E-state index in [0.29, 0.717) is 30.2 Å². The first kappa shape index (κ1) is 15.6. The lowest BCUT2D eigenvalue weighted by Gasteiger charge is -2.35. The van der Waals surface area contributed by atoms with E-state index in [4.69, 9.17) is 14.2 Å². The number of fused-ring (bicyclic) bond motifs is 1. The second kappa shape index (κ2) is 6.45. The summed E-state index contributed by atoms with van der Waals surface area (Å²) in [5, 5.41) is 2.65. The number of hydrogen-bond donors (Lipinski definition) is 1. The Labute approximate surface area is 134 Å². The quantitative estimate of drug-likeness (QED) is 0.890. The van der Waals surface area contributed by atoms with Gasteiger partial charge in [-0.15, -0.1) is 0 Å². The maximum atomic E-state index is 12.2. The Balaban J connectivity index is 1.55. The maximum absolute atomic E-state index is 12.2. The fourth-order valence-corrected chi connectivity index (χ4v) is 2.79. The monoisotopic (exact) mass is 320 g/mol. The summed E-state index contributed by atoms with van der Waals surface area (Å²) in [5.74, 6) is 0.737. The molecule has 124 valence electrons. The molecular weight excluding hydrogens is 300 g/mol. The van der Waals surface area contributed by atoms with E-state index in [-0.39, 0.29) is 37.4 Å². The Bertz CT molecular complexity index is 608. The third-order valence-electron chi connectivity index (χ3n) is 3.81. The summed E-state index contributed by atoms with van der Waals surface area (Å²) in [7, 11) is 0. The summed E-state index contributed by atoms with van der Waals surface area (Å²) >= 11 is 0. The molecule has 7 nitrogen and oxygen atoms in total. The molecule has 7 heteroatoms. The van der Waals surface area contributed by atoms with Crippen LogP contribution in [0.3, 0.4) is 0 Å². The Morgan fingerprint density at radius 1 is 1.17 bits per heavy atom. The standard InChI is InChI=1S/C16H20N2O5/c1-10-7-18(8-11(2)23-10)15(19)6-17-16(20)12-3-4-13-14(5-12)22-9-21-13/h3-5,10-11H,6-9H2,1-2H3,(H,17,20)/t10-,11+. The summed E-state index contributed by atoms with van der Waals surface area (Å²) in [6.07, 6.45) is 0.0134. The van der Waals surface area contributed by atoms with Crippen molar-refractivity contribution in [2.24, 2.45) is 0 Å². The summed E-state index contributed by atoms with van der Waals surface area (Å²) in [6, 6.07) is 4.94. The topological polar surface area (TPSA) is 77.1 Å². The predicted molar refractivity (Wildman–Crippen MR) is 81.5 cm³/mol. The van der Waals surface area contributed by atoms with Crippen LogP contribution < -0.4 is 14.8 Å². The van der Waals surface area contributed by atoms with Crippen molar-refractivity contribution in [2.45, 2.75) is 26.1 Å². The van der Waals surface area contributed by atoms with Gasteiger partial charge in [0.1, 0.15) is 0 Å². The summed E-state index contributed by atoms with van der Waals surface area (Å²) in [4.78, 5) is 26.1. The lowest BCUT2D eigenvalue weighted by atomic mass is 10.2. The van der Waals surface area contributed by atoms with E-state index >= 15 is 0 Å². The molecule has 3 rings (SSSR count). The van der Waals surface area contributed by atoms with Crippen molar-refractivity contribution in [1.29, 1.82) is 0 Å². The van der Waals surface area contributed by atoms with Crippen LogP contribution in [0.5, 0.6) is 11.5 Å². The highest BCUT2D eigenvalue weighted by molar-refractivity contribution is 5.97. The zero-order valence-electron chi connectivity index (χ0n) is 13.2. The molecule has 0 saturated carbocycles. The maximum Gasteiger partial charge on any atom is 0.251 e. The van der Waals surface area contributed by atoms with Gasteiger partial charge < -0.3 is 24.4 Å². The minimum Gasteiger partial charge on any atom is -0.454 e. The molecule has 2 aliphatic rings. The zero-order valence-corrected chi connectivity index (χ0v) is 13.2. The van der Waals surface area contributed by atoms with Crippen molar-refractivity contribution in [2.75, 3.05) is 26.4 Å². The summed E-state index contributed by atoms with van der Waals surface area (Å²) in [5.41, 5.74) is 0.436. The molecule has 0 unspecified atom stereocenters. The third kappa shape index (κ3) is 3.56. The second-order valence-electron chi connectivity index (χ2n) is 5.81. The molecule has 2 atom stereocenters. The second-order valence-corrected chi connectivity index (χ2v) is 5.81. The van der Waals surface area contributed by atoms with Crippen molar-refractivity contribution in [3.8, 4) is 11.5 Å². The van der Waals surface area contributed by atoms with E-state index < -0.39 is 0 Å². The first-order chi connectivity index (χ1) is 11.0. The molecule has 0 spiro atoms. The Kier molecular flexibility index (Phi) is 4.38. The first-order valence-corrected chi connectivity index (χ1v) is 7.64. The van der Waals surface area contributed by atoms with Crippen molar-refractivity contribution in [3.05, 3.63) is 23.8 Å². The number of rotatable bonds is 3. The molecule has 2 heterocycles. The number of benzene rings is 1. The number of ether oxygens (including phenoxy) is 3. The number of amides is 2. The average Bonchev–Trinajstić information content (AvgIpc) is 2.98. The fourth-order valence-electron chi connectivity index (χ4n) is 2.79. The van der Waals surface area contributed by atoms with Gasteiger partial charge in [-0.3, -0.25) is 9.59 Å². The zero-order chi connectivity index (χ0) is 16.4. The van der Waals surface area contributed by atoms with Gasteiger partial charge in [0, 0.05) is 18.7 Å². The smallest absolute Gasteiger partial charge is 0.251 e. The molecule has 0 aliphatic carbocycles. The van der Waals surface area contributed by atoms with E-state index in [1.807, 2.05) is 13.8 Å². The molecule has 1 fully saturated rings. The highest BCUT2D eigenvalue weighted by Gasteiger charge is 2.26. The van der Waals surface area contributed by atoms with Crippen LogP contribution in [0.4, 0.5) is 0 Å². The van der Waals surface area contributed by atoms with Crippen LogP contribution in [0.1, 0.15) is 24.2 Å². The fraction of sp³-hybridized carbons (Fsp3) is 0.500. The Hall–Kier alpha value is -2.28. The molecule has 23 heavy (non-hydrogen) atoms. The van der Waals surface area contributed by atoms with Crippen LogP contribution in [0.25, 0.3) is 0 Å². The molecule has 1 aromatic carbocycles. The van der Waals surface area contributed by atoms with E-state index in [2.05, 4.69) is 5.32 Å². The van der Waals surface area contributed by atoms with Gasteiger partial charge in [0.15, 0.2) is 11.5 Å². The van der Waals surface area contributed by atoms with E-state index in [1.165, 1.54) is 0 Å². The number of carbonyl (C=O) groups excluding carboxylic acids is 2. The van der Waals surface area contributed by atoms with Crippen molar-refractivity contribution >= 4 is 11.8 Å². The number of nitrogens with zero attached hydrogens (tertiary/aromatic N) is 1. The van der Waals surface area contributed by atoms with Gasteiger partial charge in [0.25, 0.3) is 5.91 Å². The molecule has 1 N–H and O–H groups in total. The van der Waals surface area contributed by atoms with Gasteiger partial charge in [-0.2, -0.15) is 0 Å². The number of morpholine rings is 1. The SMILES string of the molecule is C[C@@H]1CN(C(=O)CNC(=O)c2ccc3c(c2)OCO3)C[C@H](C)O1. The molecule has 2 amide bonds. The lowest BCUT2D eigenvalue weighted by Crippen LogP contribution is -2.51. The van der Waals surface area contributed by atoms with E-state index in [9.17, 15) is 9.59 Å². The largest absolute Gasteiger partial charge is 0.454 e. The van der Waals surface area contributed by atoms with Crippen molar-refractivity contribution in [3.63, 3.8) is 0 Å². The van der Waals surface area contributed by atoms with Gasteiger partial charge in [0.05, 0.1) is 18.8 Å². The van der Waals surface area contributed by atoms with Gasteiger partial charge >= 0.3 is 0 Å². The third-order valence-corrected chi connectivity index (χ3v) is 3.81. The van der Waals surface area contributed by atoms with Crippen LogP contribution in [-0.2, 0) is 9.53 Å². The van der Waals surface area contributed by atoms with Crippen LogP contribution in [-0.4, -0.2) is 55.3 Å². The summed E-state index contributed by atoms with van der Waals surface area (Å²) in [6.45, 7) is 5.08. The molecular formula is C16H20N2O5. The molecule has 0 radical (unpaired) electrons. The number of carbonyl (C=O) groups is 2. The van der Waals surface area contributed by atoms with Gasteiger partial charge in [-0.25, -0.2) is 0 Å². The van der Waals surface area contributed by atoms with Crippen LogP contribution >= 0.6 is 0 Å². The minimum absolute atomic E-state index is 0.00672. The number of nitrogens with one attached hydrogen (secondary N) is 1. The van der Waals surface area contributed by atoms with Gasteiger partial charge in [-0.05, 0) is 32.0 Å². The first-order valence-electron chi connectivity index (χ1n) is 7.64. The average molecular weight is 320 g/mol. The highest BCUT2D eigenvalue weighted by atomic mass is 16.7. The van der Waals surface area contributed by atoms with E-state index in [1.54, 1.807) is 23.1 Å². The van der Waals surface area contributed by atoms with Crippen LogP contribution in [0, 0.1) is 0 Å². The van der Waals surface area contributed by atoms with Crippen LogP contribution in [0.15, 0.2) is 18.2 Å². The van der Waals surface area contributed by atoms with Crippen molar-refractivity contribution < 1.29 is 23.8 Å². The van der Waals surface area contributed by atoms with Crippen LogP contribution in [0.2, 0.25) is 0 Å².